The minimum Gasteiger partial charge on any atom is -0.435 e. The van der Waals surface area contributed by atoms with E-state index in [4.69, 9.17) is 0 Å². The lowest BCUT2D eigenvalue weighted by Gasteiger charge is -2.10. The molecule has 0 spiro atoms. The molecule has 0 amide bonds. The number of ether oxygens (including phenoxy) is 1. The molecule has 0 radical (unpaired) electrons. The van der Waals surface area contributed by atoms with Crippen LogP contribution in [0.5, 0.6) is 5.75 Å². The average Bonchev–Trinajstić information content (AvgIpc) is 2.94. The van der Waals surface area contributed by atoms with Gasteiger partial charge in [-0.2, -0.15) is 8.78 Å². The van der Waals surface area contributed by atoms with E-state index in [1.807, 2.05) is 7.05 Å². The molecular weight excluding hydrogens is 276 g/mol. The molecule has 1 aliphatic carbocycles. The van der Waals surface area contributed by atoms with Gasteiger partial charge in [-0.3, -0.25) is 0 Å². The van der Waals surface area contributed by atoms with Gasteiger partial charge in [0, 0.05) is 23.9 Å². The molecule has 0 saturated carbocycles. The lowest BCUT2D eigenvalue weighted by Crippen LogP contribution is -2.04. The Kier molecular flexibility index (Phi) is 3.68. The van der Waals surface area contributed by atoms with Crippen molar-refractivity contribution in [3.63, 3.8) is 0 Å². The van der Waals surface area contributed by atoms with Gasteiger partial charge in [0.2, 0.25) is 0 Å². The Labute approximate surface area is 121 Å². The highest BCUT2D eigenvalue weighted by atomic mass is 19.3. The summed E-state index contributed by atoms with van der Waals surface area (Å²) in [5.74, 6) is 1.58. The molecular formula is C15H15F2N3O. The van der Waals surface area contributed by atoms with Gasteiger partial charge in [-0.1, -0.05) is 0 Å². The summed E-state index contributed by atoms with van der Waals surface area (Å²) in [5.41, 5.74) is 3.03. The number of nitrogens with one attached hydrogen (secondary N) is 1. The predicted molar refractivity (Wildman–Crippen MR) is 75.7 cm³/mol. The Morgan fingerprint density at radius 3 is 2.57 bits per heavy atom. The van der Waals surface area contributed by atoms with Crippen LogP contribution in [0.3, 0.4) is 0 Å². The maximum absolute atomic E-state index is 12.1. The second kappa shape index (κ2) is 5.63. The molecule has 1 heterocycles. The van der Waals surface area contributed by atoms with Crippen molar-refractivity contribution in [2.45, 2.75) is 25.9 Å². The van der Waals surface area contributed by atoms with E-state index in [9.17, 15) is 8.78 Å². The Hall–Kier alpha value is -2.24. The number of hydrogen-bond acceptors (Lipinski definition) is 4. The molecule has 1 aliphatic rings. The van der Waals surface area contributed by atoms with Crippen LogP contribution in [0.1, 0.15) is 17.7 Å². The summed E-state index contributed by atoms with van der Waals surface area (Å²) in [4.78, 5) is 9.10. The van der Waals surface area contributed by atoms with Gasteiger partial charge < -0.3 is 10.1 Å². The van der Waals surface area contributed by atoms with Crippen molar-refractivity contribution < 1.29 is 13.5 Å². The molecule has 0 unspecified atom stereocenters. The molecule has 2 aromatic rings. The van der Waals surface area contributed by atoms with Crippen molar-refractivity contribution in [3.05, 3.63) is 35.5 Å². The fourth-order valence-corrected chi connectivity index (χ4v) is 2.55. The van der Waals surface area contributed by atoms with Crippen molar-refractivity contribution >= 4 is 5.82 Å². The van der Waals surface area contributed by atoms with E-state index in [1.54, 1.807) is 12.1 Å². The first-order chi connectivity index (χ1) is 10.2. The first-order valence-corrected chi connectivity index (χ1v) is 6.80. The minimum absolute atomic E-state index is 0.128. The number of nitrogens with zero attached hydrogens (tertiary/aromatic N) is 2. The third-order valence-corrected chi connectivity index (χ3v) is 3.51. The first-order valence-electron chi connectivity index (χ1n) is 6.80. The van der Waals surface area contributed by atoms with Crippen molar-refractivity contribution in [1.82, 2.24) is 9.97 Å². The summed E-state index contributed by atoms with van der Waals surface area (Å²) < 4.78 is 28.6. The lowest BCUT2D eigenvalue weighted by molar-refractivity contribution is -0.0498. The number of hydrogen-bond donors (Lipinski definition) is 1. The van der Waals surface area contributed by atoms with Crippen LogP contribution >= 0.6 is 0 Å². The molecule has 1 aromatic heterocycles. The standard InChI is InChI=1S/C15H15F2N3O/c1-18-14-11-3-2-4-12(11)19-13(20-14)9-5-7-10(8-6-9)21-15(16)17/h5-8,15H,2-4H2,1H3,(H,18,19,20). The van der Waals surface area contributed by atoms with Crippen LogP contribution in [-0.2, 0) is 12.8 Å². The molecule has 6 heteroatoms. The summed E-state index contributed by atoms with van der Waals surface area (Å²) in [5, 5.41) is 3.10. The number of aromatic nitrogens is 2. The zero-order chi connectivity index (χ0) is 14.8. The number of anilines is 1. The molecule has 0 aliphatic heterocycles. The molecule has 0 fully saturated rings. The average molecular weight is 291 g/mol. The number of aryl methyl sites for hydroxylation is 1. The lowest BCUT2D eigenvalue weighted by atomic mass is 10.1. The maximum atomic E-state index is 12.1. The summed E-state index contributed by atoms with van der Waals surface area (Å²) >= 11 is 0. The van der Waals surface area contributed by atoms with Crippen molar-refractivity contribution in [2.75, 3.05) is 12.4 Å². The van der Waals surface area contributed by atoms with Gasteiger partial charge in [-0.25, -0.2) is 9.97 Å². The number of alkyl halides is 2. The number of benzene rings is 1. The smallest absolute Gasteiger partial charge is 0.387 e. The SMILES string of the molecule is CNc1nc(-c2ccc(OC(F)F)cc2)nc2c1CCC2. The summed E-state index contributed by atoms with van der Waals surface area (Å²) in [6, 6.07) is 6.37. The molecule has 4 nitrogen and oxygen atoms in total. The topological polar surface area (TPSA) is 47.0 Å². The number of fused-ring (bicyclic) bond motifs is 1. The van der Waals surface area contributed by atoms with E-state index in [1.165, 1.54) is 17.7 Å². The highest BCUT2D eigenvalue weighted by Crippen LogP contribution is 2.29. The van der Waals surface area contributed by atoms with Crippen molar-refractivity contribution in [3.8, 4) is 17.1 Å². The van der Waals surface area contributed by atoms with E-state index in [0.29, 0.717) is 5.82 Å². The van der Waals surface area contributed by atoms with Crippen molar-refractivity contribution in [2.24, 2.45) is 0 Å². The van der Waals surface area contributed by atoms with E-state index in [2.05, 4.69) is 20.0 Å². The molecule has 0 saturated heterocycles. The fourth-order valence-electron chi connectivity index (χ4n) is 2.55. The zero-order valence-corrected chi connectivity index (χ0v) is 11.6. The van der Waals surface area contributed by atoms with Gasteiger partial charge in [0.1, 0.15) is 11.6 Å². The summed E-state index contributed by atoms with van der Waals surface area (Å²) in [6.45, 7) is -2.82. The van der Waals surface area contributed by atoms with E-state index >= 15 is 0 Å². The molecule has 1 N–H and O–H groups in total. The van der Waals surface area contributed by atoms with Crippen LogP contribution in [0.4, 0.5) is 14.6 Å². The third kappa shape index (κ3) is 2.79. The van der Waals surface area contributed by atoms with Gasteiger partial charge in [0.25, 0.3) is 0 Å². The molecule has 21 heavy (non-hydrogen) atoms. The van der Waals surface area contributed by atoms with Gasteiger partial charge in [0.15, 0.2) is 5.82 Å². The van der Waals surface area contributed by atoms with Crippen LogP contribution in [0, 0.1) is 0 Å². The summed E-state index contributed by atoms with van der Waals surface area (Å²) in [7, 11) is 1.84. The van der Waals surface area contributed by atoms with E-state index in [-0.39, 0.29) is 5.75 Å². The Bertz CT molecular complexity index is 644. The van der Waals surface area contributed by atoms with Gasteiger partial charge >= 0.3 is 6.61 Å². The molecule has 110 valence electrons. The second-order valence-electron chi connectivity index (χ2n) is 4.83. The summed E-state index contributed by atoms with van der Waals surface area (Å²) in [6.07, 6.45) is 3.03. The van der Waals surface area contributed by atoms with Gasteiger partial charge in [-0.05, 0) is 43.5 Å². The highest BCUT2D eigenvalue weighted by Gasteiger charge is 2.19. The Morgan fingerprint density at radius 2 is 1.90 bits per heavy atom. The van der Waals surface area contributed by atoms with Crippen LogP contribution < -0.4 is 10.1 Å². The van der Waals surface area contributed by atoms with E-state index < -0.39 is 6.61 Å². The Balaban J connectivity index is 1.93. The van der Waals surface area contributed by atoms with Crippen LogP contribution in [0.25, 0.3) is 11.4 Å². The second-order valence-corrected chi connectivity index (χ2v) is 4.83. The molecule has 0 atom stereocenters. The van der Waals surface area contributed by atoms with Crippen molar-refractivity contribution in [1.29, 1.82) is 0 Å². The van der Waals surface area contributed by atoms with Gasteiger partial charge in [-0.15, -0.1) is 0 Å². The number of rotatable bonds is 4. The predicted octanol–water partition coefficient (Wildman–Crippen LogP) is 3.28. The van der Waals surface area contributed by atoms with Crippen LogP contribution in [0.15, 0.2) is 24.3 Å². The quantitative estimate of drug-likeness (QED) is 0.939. The molecule has 3 rings (SSSR count). The largest absolute Gasteiger partial charge is 0.435 e. The van der Waals surface area contributed by atoms with Crippen LogP contribution in [-0.4, -0.2) is 23.6 Å². The Morgan fingerprint density at radius 1 is 1.14 bits per heavy atom. The maximum Gasteiger partial charge on any atom is 0.387 e. The molecule has 0 bridgehead atoms. The monoisotopic (exact) mass is 291 g/mol. The fraction of sp³-hybridized carbons (Fsp3) is 0.333. The highest BCUT2D eigenvalue weighted by molar-refractivity contribution is 5.61. The van der Waals surface area contributed by atoms with E-state index in [0.717, 1.165) is 36.3 Å². The first kappa shape index (κ1) is 13.7. The molecule has 1 aromatic carbocycles. The third-order valence-electron chi connectivity index (χ3n) is 3.51. The van der Waals surface area contributed by atoms with Gasteiger partial charge in [0.05, 0.1) is 0 Å². The number of halogens is 2. The van der Waals surface area contributed by atoms with Crippen LogP contribution in [0.2, 0.25) is 0 Å². The zero-order valence-electron chi connectivity index (χ0n) is 11.6. The normalized spacial score (nSPS) is 13.3. The minimum atomic E-state index is -2.82.